The lowest BCUT2D eigenvalue weighted by molar-refractivity contribution is -0.123. The molecule has 0 aliphatic carbocycles. The molecule has 0 aliphatic heterocycles. The van der Waals surface area contributed by atoms with Crippen LogP contribution in [0, 0.1) is 6.92 Å². The van der Waals surface area contributed by atoms with Crippen LogP contribution >= 0.6 is 0 Å². The van der Waals surface area contributed by atoms with E-state index in [-0.39, 0.29) is 18.6 Å². The lowest BCUT2D eigenvalue weighted by atomic mass is 10.2. The van der Waals surface area contributed by atoms with Gasteiger partial charge in [0.15, 0.2) is 6.61 Å². The highest BCUT2D eigenvalue weighted by Gasteiger charge is 2.06. The third-order valence-electron chi connectivity index (χ3n) is 2.13. The Morgan fingerprint density at radius 2 is 2.19 bits per heavy atom. The van der Waals surface area contributed by atoms with E-state index in [1.807, 2.05) is 20.8 Å². The summed E-state index contributed by atoms with van der Waals surface area (Å²) in [6.07, 6.45) is 0. The number of amides is 1. The molecule has 0 bridgehead atoms. The van der Waals surface area contributed by atoms with E-state index in [2.05, 4.69) is 5.32 Å². The first-order valence-corrected chi connectivity index (χ1v) is 5.28. The van der Waals surface area contributed by atoms with Crippen LogP contribution in [0.1, 0.15) is 19.4 Å². The van der Waals surface area contributed by atoms with Gasteiger partial charge < -0.3 is 15.8 Å². The molecule has 4 heteroatoms. The number of nitrogens with two attached hydrogens (primary N) is 1. The van der Waals surface area contributed by atoms with Gasteiger partial charge in [0.2, 0.25) is 0 Å². The van der Waals surface area contributed by atoms with Crippen LogP contribution < -0.4 is 15.8 Å². The first-order valence-electron chi connectivity index (χ1n) is 5.28. The highest BCUT2D eigenvalue weighted by atomic mass is 16.5. The summed E-state index contributed by atoms with van der Waals surface area (Å²) in [5.41, 5.74) is 7.26. The number of carbonyl (C=O) groups is 1. The molecule has 1 aromatic rings. The Morgan fingerprint density at radius 3 is 2.81 bits per heavy atom. The van der Waals surface area contributed by atoms with E-state index in [0.29, 0.717) is 11.4 Å². The predicted molar refractivity (Wildman–Crippen MR) is 64.4 cm³/mol. The fourth-order valence-electron chi connectivity index (χ4n) is 1.29. The molecule has 0 atom stereocenters. The van der Waals surface area contributed by atoms with Gasteiger partial charge in [0.05, 0.1) is 0 Å². The van der Waals surface area contributed by atoms with Crippen LogP contribution in [0.15, 0.2) is 18.2 Å². The van der Waals surface area contributed by atoms with Crippen molar-refractivity contribution in [2.45, 2.75) is 26.8 Å². The third-order valence-corrected chi connectivity index (χ3v) is 2.13. The molecular formula is C12H18N2O2. The average Bonchev–Trinajstić information content (AvgIpc) is 2.19. The van der Waals surface area contributed by atoms with Crippen molar-refractivity contribution in [2.24, 2.45) is 0 Å². The van der Waals surface area contributed by atoms with Gasteiger partial charge in [0.1, 0.15) is 5.75 Å². The van der Waals surface area contributed by atoms with Gasteiger partial charge in [-0.05, 0) is 32.9 Å². The molecule has 0 spiro atoms. The molecule has 1 aromatic carbocycles. The van der Waals surface area contributed by atoms with E-state index in [1.165, 1.54) is 0 Å². The van der Waals surface area contributed by atoms with Crippen molar-refractivity contribution in [3.8, 4) is 5.75 Å². The van der Waals surface area contributed by atoms with Gasteiger partial charge in [-0.15, -0.1) is 0 Å². The Morgan fingerprint density at radius 1 is 1.50 bits per heavy atom. The quantitative estimate of drug-likeness (QED) is 0.758. The molecule has 1 rings (SSSR count). The van der Waals surface area contributed by atoms with Crippen molar-refractivity contribution >= 4 is 11.6 Å². The maximum Gasteiger partial charge on any atom is 0.258 e. The molecule has 0 heterocycles. The second kappa shape index (κ2) is 5.39. The van der Waals surface area contributed by atoms with Gasteiger partial charge in [-0.2, -0.15) is 0 Å². The van der Waals surface area contributed by atoms with E-state index in [9.17, 15) is 4.79 Å². The zero-order valence-electron chi connectivity index (χ0n) is 9.91. The Bertz CT molecular complexity index is 375. The predicted octanol–water partition coefficient (Wildman–Crippen LogP) is 1.48. The minimum absolute atomic E-state index is 0.0163. The van der Waals surface area contributed by atoms with Crippen molar-refractivity contribution in [1.29, 1.82) is 0 Å². The average molecular weight is 222 g/mol. The van der Waals surface area contributed by atoms with Crippen molar-refractivity contribution in [2.75, 3.05) is 12.3 Å². The molecule has 1 amide bonds. The van der Waals surface area contributed by atoms with Crippen LogP contribution in [0.3, 0.4) is 0 Å². The van der Waals surface area contributed by atoms with Crippen LogP contribution in [-0.2, 0) is 4.79 Å². The van der Waals surface area contributed by atoms with Crippen LogP contribution in [0.4, 0.5) is 5.69 Å². The van der Waals surface area contributed by atoms with Gasteiger partial charge >= 0.3 is 0 Å². The Kier molecular flexibility index (Phi) is 4.17. The van der Waals surface area contributed by atoms with Crippen molar-refractivity contribution < 1.29 is 9.53 Å². The summed E-state index contributed by atoms with van der Waals surface area (Å²) in [6.45, 7) is 5.70. The molecule has 4 nitrogen and oxygen atoms in total. The number of carbonyl (C=O) groups excluding carboxylic acids is 1. The number of nitrogens with one attached hydrogen (secondary N) is 1. The maximum atomic E-state index is 11.4. The number of ether oxygens (including phenoxy) is 1. The maximum absolute atomic E-state index is 11.4. The zero-order chi connectivity index (χ0) is 12.1. The van der Waals surface area contributed by atoms with Gasteiger partial charge in [0, 0.05) is 17.3 Å². The smallest absolute Gasteiger partial charge is 0.258 e. The van der Waals surface area contributed by atoms with Crippen LogP contribution in [0.5, 0.6) is 5.75 Å². The standard InChI is InChI=1S/C12H18N2O2/c1-8(2)14-12(15)7-16-11-6-4-5-10(13)9(11)3/h4-6,8H,7,13H2,1-3H3,(H,14,15). The lowest BCUT2D eigenvalue weighted by Gasteiger charge is -2.12. The summed E-state index contributed by atoms with van der Waals surface area (Å²) >= 11 is 0. The van der Waals surface area contributed by atoms with Gasteiger partial charge in [-0.3, -0.25) is 4.79 Å². The molecule has 0 saturated heterocycles. The fourth-order valence-corrected chi connectivity index (χ4v) is 1.29. The molecular weight excluding hydrogens is 204 g/mol. The SMILES string of the molecule is Cc1c(N)cccc1OCC(=O)NC(C)C. The second-order valence-corrected chi connectivity index (χ2v) is 3.98. The van der Waals surface area contributed by atoms with Crippen LogP contribution in [0.2, 0.25) is 0 Å². The molecule has 16 heavy (non-hydrogen) atoms. The number of hydrogen-bond donors (Lipinski definition) is 2. The molecule has 0 aliphatic rings. The highest BCUT2D eigenvalue weighted by molar-refractivity contribution is 5.77. The minimum atomic E-state index is -0.128. The Hall–Kier alpha value is -1.71. The minimum Gasteiger partial charge on any atom is -0.483 e. The molecule has 88 valence electrons. The lowest BCUT2D eigenvalue weighted by Crippen LogP contribution is -2.34. The number of nitrogen functional groups attached to an aromatic ring is 1. The molecule has 0 fully saturated rings. The Labute approximate surface area is 95.8 Å². The summed E-state index contributed by atoms with van der Waals surface area (Å²) in [4.78, 5) is 11.4. The summed E-state index contributed by atoms with van der Waals surface area (Å²) in [6, 6.07) is 5.53. The van der Waals surface area contributed by atoms with Crippen LogP contribution in [0.25, 0.3) is 0 Å². The molecule has 0 aromatic heterocycles. The summed E-state index contributed by atoms with van der Waals surface area (Å²) in [5, 5.41) is 2.75. The van der Waals surface area contributed by atoms with E-state index >= 15 is 0 Å². The highest BCUT2D eigenvalue weighted by Crippen LogP contribution is 2.22. The molecule has 3 N–H and O–H groups in total. The molecule has 0 radical (unpaired) electrons. The van der Waals surface area contributed by atoms with E-state index in [1.54, 1.807) is 18.2 Å². The van der Waals surface area contributed by atoms with E-state index in [0.717, 1.165) is 5.56 Å². The van der Waals surface area contributed by atoms with Crippen molar-refractivity contribution in [3.05, 3.63) is 23.8 Å². The fraction of sp³-hybridized carbons (Fsp3) is 0.417. The first-order chi connectivity index (χ1) is 7.50. The molecule has 0 saturated carbocycles. The monoisotopic (exact) mass is 222 g/mol. The van der Waals surface area contributed by atoms with Gasteiger partial charge in [-0.1, -0.05) is 6.07 Å². The van der Waals surface area contributed by atoms with Crippen molar-refractivity contribution in [1.82, 2.24) is 5.32 Å². The van der Waals surface area contributed by atoms with Gasteiger partial charge in [-0.25, -0.2) is 0 Å². The van der Waals surface area contributed by atoms with Crippen molar-refractivity contribution in [3.63, 3.8) is 0 Å². The summed E-state index contributed by atoms with van der Waals surface area (Å²) < 4.78 is 5.39. The largest absolute Gasteiger partial charge is 0.483 e. The van der Waals surface area contributed by atoms with Gasteiger partial charge in [0.25, 0.3) is 5.91 Å². The number of anilines is 1. The summed E-state index contributed by atoms with van der Waals surface area (Å²) in [5.74, 6) is 0.524. The second-order valence-electron chi connectivity index (χ2n) is 3.98. The number of benzene rings is 1. The third kappa shape index (κ3) is 3.46. The van der Waals surface area contributed by atoms with Crippen LogP contribution in [-0.4, -0.2) is 18.6 Å². The Balaban J connectivity index is 2.55. The van der Waals surface area contributed by atoms with E-state index in [4.69, 9.17) is 10.5 Å². The topological polar surface area (TPSA) is 64.3 Å². The molecule has 0 unspecified atom stereocenters. The normalized spacial score (nSPS) is 10.2. The summed E-state index contributed by atoms with van der Waals surface area (Å²) in [7, 11) is 0. The number of rotatable bonds is 4. The van der Waals surface area contributed by atoms with E-state index < -0.39 is 0 Å². The number of hydrogen-bond acceptors (Lipinski definition) is 3. The zero-order valence-corrected chi connectivity index (χ0v) is 9.91. The first kappa shape index (κ1) is 12.4.